The van der Waals surface area contributed by atoms with E-state index >= 15 is 0 Å². The molecule has 0 saturated carbocycles. The Morgan fingerprint density at radius 3 is 2.59 bits per heavy atom. The van der Waals surface area contributed by atoms with Gasteiger partial charge in [-0.25, -0.2) is 4.79 Å². The quantitative estimate of drug-likeness (QED) is 0.368. The topological polar surface area (TPSA) is 73.0 Å². The maximum Gasteiger partial charge on any atom is 0.337 e. The molecule has 2 aliphatic rings. The third kappa shape index (κ3) is 4.19. The van der Waals surface area contributed by atoms with Crippen LogP contribution < -0.4 is 14.2 Å². The van der Waals surface area contributed by atoms with Crippen molar-refractivity contribution >= 4 is 16.9 Å². The van der Waals surface area contributed by atoms with Gasteiger partial charge in [0.1, 0.15) is 12.4 Å². The van der Waals surface area contributed by atoms with Crippen LogP contribution >= 0.6 is 0 Å². The van der Waals surface area contributed by atoms with Gasteiger partial charge in [0.25, 0.3) is 0 Å². The molecule has 7 nitrogen and oxygen atoms in total. The number of nitrogens with zero attached hydrogens (tertiary/aromatic N) is 1. The van der Waals surface area contributed by atoms with Crippen LogP contribution in [-0.2, 0) is 30.7 Å². The predicted octanol–water partition coefficient (Wildman–Crippen LogP) is 5.21. The lowest BCUT2D eigenvalue weighted by molar-refractivity contribution is 0.0600. The van der Waals surface area contributed by atoms with E-state index in [-0.39, 0.29) is 12.0 Å². The molecule has 37 heavy (non-hydrogen) atoms. The number of carbonyl (C=O) groups is 1. The van der Waals surface area contributed by atoms with Gasteiger partial charge < -0.3 is 23.9 Å². The number of H-pyrrole nitrogens is 1. The van der Waals surface area contributed by atoms with Gasteiger partial charge in [0.15, 0.2) is 11.5 Å². The maximum atomic E-state index is 11.7. The summed E-state index contributed by atoms with van der Waals surface area (Å²) in [4.78, 5) is 17.9. The molecule has 2 aliphatic heterocycles. The summed E-state index contributed by atoms with van der Waals surface area (Å²) in [6, 6.07) is 18.1. The summed E-state index contributed by atoms with van der Waals surface area (Å²) in [6.07, 6.45) is 1.90. The van der Waals surface area contributed by atoms with E-state index in [0.29, 0.717) is 12.2 Å². The molecule has 1 N–H and O–H groups in total. The van der Waals surface area contributed by atoms with Crippen LogP contribution in [0, 0.1) is 0 Å². The molecule has 1 atom stereocenters. The van der Waals surface area contributed by atoms with E-state index in [1.165, 1.54) is 34.9 Å². The van der Waals surface area contributed by atoms with Crippen LogP contribution in [0.15, 0.2) is 54.6 Å². The van der Waals surface area contributed by atoms with E-state index in [1.54, 1.807) is 26.4 Å². The van der Waals surface area contributed by atoms with E-state index in [9.17, 15) is 4.79 Å². The average molecular weight is 499 g/mol. The first-order valence-corrected chi connectivity index (χ1v) is 12.5. The van der Waals surface area contributed by atoms with Crippen LogP contribution in [0.5, 0.6) is 17.2 Å². The van der Waals surface area contributed by atoms with Crippen molar-refractivity contribution in [2.75, 3.05) is 27.9 Å². The summed E-state index contributed by atoms with van der Waals surface area (Å²) in [5, 5.41) is 1.24. The Bertz CT molecular complexity index is 1470. The van der Waals surface area contributed by atoms with Gasteiger partial charge in [-0.2, -0.15) is 0 Å². The summed E-state index contributed by atoms with van der Waals surface area (Å²) < 4.78 is 22.2. The Balaban J connectivity index is 1.29. The molecule has 4 aromatic rings. The zero-order chi connectivity index (χ0) is 25.5. The predicted molar refractivity (Wildman–Crippen MR) is 141 cm³/mol. The molecule has 0 bridgehead atoms. The van der Waals surface area contributed by atoms with Crippen molar-refractivity contribution in [3.05, 3.63) is 88.1 Å². The summed E-state index contributed by atoms with van der Waals surface area (Å²) in [5.41, 5.74) is 7.91. The number of rotatable bonds is 6. The highest BCUT2D eigenvalue weighted by molar-refractivity contribution is 5.89. The van der Waals surface area contributed by atoms with Crippen molar-refractivity contribution < 1.29 is 23.7 Å². The van der Waals surface area contributed by atoms with Crippen LogP contribution in [0.4, 0.5) is 0 Å². The van der Waals surface area contributed by atoms with Crippen molar-refractivity contribution in [2.45, 2.75) is 32.0 Å². The number of nitrogens with one attached hydrogen (secondary N) is 1. The third-order valence-corrected chi connectivity index (χ3v) is 7.62. The van der Waals surface area contributed by atoms with E-state index in [1.807, 2.05) is 18.2 Å². The minimum absolute atomic E-state index is 0.272. The Kier molecular flexibility index (Phi) is 6.00. The summed E-state index contributed by atoms with van der Waals surface area (Å²) in [7, 11) is 4.77. The Labute approximate surface area is 215 Å². The molecule has 0 radical (unpaired) electrons. The van der Waals surface area contributed by atoms with Crippen molar-refractivity contribution in [3.8, 4) is 17.2 Å². The molecule has 190 valence electrons. The molecule has 0 fully saturated rings. The first-order valence-electron chi connectivity index (χ1n) is 12.5. The van der Waals surface area contributed by atoms with Crippen LogP contribution in [0.3, 0.4) is 0 Å². The van der Waals surface area contributed by atoms with Crippen molar-refractivity contribution in [1.82, 2.24) is 9.88 Å². The average Bonchev–Trinajstić information content (AvgIpc) is 3.30. The summed E-state index contributed by atoms with van der Waals surface area (Å²) >= 11 is 0. The highest BCUT2D eigenvalue weighted by atomic mass is 16.5. The maximum absolute atomic E-state index is 11.7. The molecule has 1 aromatic heterocycles. The molecule has 0 amide bonds. The number of aromatic amines is 1. The second-order valence-corrected chi connectivity index (χ2v) is 9.61. The fraction of sp³-hybridized carbons (Fsp3) is 0.300. The number of fused-ring (bicyclic) bond motifs is 6. The van der Waals surface area contributed by atoms with Crippen LogP contribution in [-0.4, -0.2) is 43.7 Å². The zero-order valence-corrected chi connectivity index (χ0v) is 21.3. The second kappa shape index (κ2) is 9.48. The Morgan fingerprint density at radius 2 is 1.84 bits per heavy atom. The van der Waals surface area contributed by atoms with Gasteiger partial charge in [0.2, 0.25) is 0 Å². The fourth-order valence-electron chi connectivity index (χ4n) is 5.65. The number of methoxy groups -OCH3 is 3. The van der Waals surface area contributed by atoms with Gasteiger partial charge in [-0.05, 0) is 77.6 Å². The van der Waals surface area contributed by atoms with Crippen molar-refractivity contribution in [2.24, 2.45) is 0 Å². The Morgan fingerprint density at radius 1 is 1.00 bits per heavy atom. The van der Waals surface area contributed by atoms with E-state index in [4.69, 9.17) is 18.9 Å². The van der Waals surface area contributed by atoms with Gasteiger partial charge in [0.05, 0.1) is 26.9 Å². The molecule has 3 aromatic carbocycles. The van der Waals surface area contributed by atoms with E-state index in [0.717, 1.165) is 54.3 Å². The zero-order valence-electron chi connectivity index (χ0n) is 21.3. The minimum atomic E-state index is -0.349. The molecule has 7 heteroatoms. The van der Waals surface area contributed by atoms with Crippen molar-refractivity contribution in [1.29, 1.82) is 0 Å². The monoisotopic (exact) mass is 498 g/mol. The van der Waals surface area contributed by atoms with Gasteiger partial charge in [-0.15, -0.1) is 0 Å². The van der Waals surface area contributed by atoms with Gasteiger partial charge in [-0.1, -0.05) is 12.1 Å². The smallest absolute Gasteiger partial charge is 0.337 e. The number of aromatic nitrogens is 1. The standard InChI is InChI=1S/C30H30N2O5/c1-34-21-8-9-25-23(13-21)24-14-27-22-15-29(37-17-18-4-6-19(7-5-18)30(33)36-3)28(35-2)12-20(22)10-11-32(27)16-26(24)31-25/h4-9,12-13,15,27,31H,10-11,14,16-17H2,1-3H3. The van der Waals surface area contributed by atoms with Gasteiger partial charge in [-0.3, -0.25) is 4.90 Å². The minimum Gasteiger partial charge on any atom is -0.497 e. The van der Waals surface area contributed by atoms with Crippen LogP contribution in [0.25, 0.3) is 10.9 Å². The lowest BCUT2D eigenvalue weighted by atomic mass is 9.85. The molecule has 1 unspecified atom stereocenters. The number of carbonyl (C=O) groups excluding carboxylic acids is 1. The summed E-state index contributed by atoms with van der Waals surface area (Å²) in [5.74, 6) is 2.00. The lowest BCUT2D eigenvalue weighted by Gasteiger charge is -2.40. The number of ether oxygens (including phenoxy) is 4. The van der Waals surface area contributed by atoms with Gasteiger partial charge >= 0.3 is 5.97 Å². The highest BCUT2D eigenvalue weighted by Gasteiger charge is 2.34. The third-order valence-electron chi connectivity index (χ3n) is 7.62. The van der Waals surface area contributed by atoms with E-state index in [2.05, 4.69) is 34.1 Å². The fourth-order valence-corrected chi connectivity index (χ4v) is 5.65. The summed E-state index contributed by atoms with van der Waals surface area (Å²) in [6.45, 7) is 2.27. The normalized spacial score (nSPS) is 16.5. The largest absolute Gasteiger partial charge is 0.497 e. The number of esters is 1. The SMILES string of the molecule is COC(=O)c1ccc(COc2cc3c(cc2OC)CCN2Cc4[nH]c5ccc(OC)cc5c4CC32)cc1. The number of benzene rings is 3. The first kappa shape index (κ1) is 23.4. The number of hydrogen-bond donors (Lipinski definition) is 1. The molecule has 0 aliphatic carbocycles. The van der Waals surface area contributed by atoms with E-state index < -0.39 is 0 Å². The van der Waals surface area contributed by atoms with Crippen LogP contribution in [0.2, 0.25) is 0 Å². The molecular formula is C30H30N2O5. The molecule has 3 heterocycles. The van der Waals surface area contributed by atoms with Gasteiger partial charge in [0, 0.05) is 35.7 Å². The second-order valence-electron chi connectivity index (χ2n) is 9.61. The molecular weight excluding hydrogens is 468 g/mol. The number of hydrogen-bond acceptors (Lipinski definition) is 6. The highest BCUT2D eigenvalue weighted by Crippen LogP contribution is 2.44. The Hall–Kier alpha value is -3.97. The van der Waals surface area contributed by atoms with Crippen molar-refractivity contribution in [3.63, 3.8) is 0 Å². The molecule has 6 rings (SSSR count). The molecule has 0 saturated heterocycles. The lowest BCUT2D eigenvalue weighted by Crippen LogP contribution is -2.39. The van der Waals surface area contributed by atoms with Crippen LogP contribution in [0.1, 0.15) is 44.3 Å². The molecule has 0 spiro atoms. The first-order chi connectivity index (χ1) is 18.1.